The van der Waals surface area contributed by atoms with Gasteiger partial charge < -0.3 is 20.1 Å². The van der Waals surface area contributed by atoms with Gasteiger partial charge in [0.2, 0.25) is 5.91 Å². The summed E-state index contributed by atoms with van der Waals surface area (Å²) in [6, 6.07) is 14.4. The number of ether oxygens (including phenoxy) is 2. The second-order valence-electron chi connectivity index (χ2n) is 5.59. The molecule has 0 heterocycles. The number of nitrogens with one attached hydrogen (secondary N) is 2. The molecule has 27 heavy (non-hydrogen) atoms. The summed E-state index contributed by atoms with van der Waals surface area (Å²) >= 11 is 0. The predicted molar refractivity (Wildman–Crippen MR) is 105 cm³/mol. The minimum atomic E-state index is -0.238. The Labute approximate surface area is 159 Å². The zero-order valence-corrected chi connectivity index (χ0v) is 15.5. The first kappa shape index (κ1) is 20.0. The van der Waals surface area contributed by atoms with Crippen molar-refractivity contribution in [3.63, 3.8) is 0 Å². The van der Waals surface area contributed by atoms with Crippen molar-refractivity contribution in [1.29, 1.82) is 0 Å². The van der Waals surface area contributed by atoms with Crippen LogP contribution in [-0.4, -0.2) is 38.6 Å². The summed E-state index contributed by atoms with van der Waals surface area (Å²) in [7, 11) is 1.58. The molecule has 2 N–H and O–H groups in total. The van der Waals surface area contributed by atoms with Crippen molar-refractivity contribution in [2.45, 2.75) is 6.92 Å². The van der Waals surface area contributed by atoms with E-state index in [4.69, 9.17) is 9.47 Å². The Bertz CT molecular complexity index is 788. The average Bonchev–Trinajstić information content (AvgIpc) is 2.70. The lowest BCUT2D eigenvalue weighted by Gasteiger charge is -2.09. The van der Waals surface area contributed by atoms with Crippen molar-refractivity contribution >= 4 is 17.9 Å². The number of methoxy groups -OCH3 is 1. The lowest BCUT2D eigenvalue weighted by molar-refractivity contribution is -0.116. The van der Waals surface area contributed by atoms with E-state index < -0.39 is 0 Å². The van der Waals surface area contributed by atoms with E-state index in [1.807, 2.05) is 25.1 Å². The summed E-state index contributed by atoms with van der Waals surface area (Å²) in [6.45, 7) is 3.11. The van der Waals surface area contributed by atoms with Crippen molar-refractivity contribution in [2.75, 3.05) is 26.8 Å². The fourth-order valence-electron chi connectivity index (χ4n) is 2.35. The third-order valence-corrected chi connectivity index (χ3v) is 3.66. The molecule has 142 valence electrons. The standard InChI is InChI=1S/C21H24N2O4/c1-3-27-19-15-16(9-11-18(19)26-2)10-12-20(24)22-13-14-23-21(25)17-7-5-4-6-8-17/h4-12,15H,3,13-14H2,1-2H3,(H,22,24)(H,23,25)/b12-10+. The van der Waals surface area contributed by atoms with E-state index in [2.05, 4.69) is 10.6 Å². The van der Waals surface area contributed by atoms with Crippen molar-refractivity contribution < 1.29 is 19.1 Å². The van der Waals surface area contributed by atoms with Gasteiger partial charge in [-0.3, -0.25) is 9.59 Å². The molecule has 0 aromatic heterocycles. The zero-order valence-electron chi connectivity index (χ0n) is 15.5. The van der Waals surface area contributed by atoms with E-state index in [0.29, 0.717) is 36.8 Å². The van der Waals surface area contributed by atoms with Crippen molar-refractivity contribution in [3.05, 3.63) is 65.7 Å². The number of carbonyl (C=O) groups excluding carboxylic acids is 2. The lowest BCUT2D eigenvalue weighted by Crippen LogP contribution is -2.33. The molecule has 0 aliphatic heterocycles. The summed E-state index contributed by atoms with van der Waals surface area (Å²) < 4.78 is 10.7. The second kappa shape index (κ2) is 10.7. The van der Waals surface area contributed by atoms with E-state index in [9.17, 15) is 9.59 Å². The Balaban J connectivity index is 1.78. The van der Waals surface area contributed by atoms with Gasteiger partial charge in [-0.05, 0) is 42.8 Å². The molecule has 6 nitrogen and oxygen atoms in total. The highest BCUT2D eigenvalue weighted by atomic mass is 16.5. The molecule has 2 rings (SSSR count). The van der Waals surface area contributed by atoms with Crippen LogP contribution in [-0.2, 0) is 4.79 Å². The molecule has 0 bridgehead atoms. The summed E-state index contributed by atoms with van der Waals surface area (Å²) in [5.74, 6) is 0.874. The first-order chi connectivity index (χ1) is 13.1. The third-order valence-electron chi connectivity index (χ3n) is 3.66. The van der Waals surface area contributed by atoms with Crippen LogP contribution < -0.4 is 20.1 Å². The van der Waals surface area contributed by atoms with Gasteiger partial charge in [0.15, 0.2) is 11.5 Å². The molecular formula is C21H24N2O4. The van der Waals surface area contributed by atoms with Gasteiger partial charge in [0, 0.05) is 24.7 Å². The summed E-state index contributed by atoms with van der Waals surface area (Å²) in [5.41, 5.74) is 1.42. The molecule has 2 aromatic carbocycles. The summed E-state index contributed by atoms with van der Waals surface area (Å²) in [6.07, 6.45) is 3.14. The normalized spacial score (nSPS) is 10.4. The Kier molecular flexibility index (Phi) is 7.91. The highest BCUT2D eigenvalue weighted by molar-refractivity contribution is 5.94. The van der Waals surface area contributed by atoms with Crippen LogP contribution in [0.15, 0.2) is 54.6 Å². The maximum absolute atomic E-state index is 11.9. The van der Waals surface area contributed by atoms with Gasteiger partial charge in [0.1, 0.15) is 0 Å². The predicted octanol–water partition coefficient (Wildman–Crippen LogP) is 2.65. The second-order valence-corrected chi connectivity index (χ2v) is 5.59. The molecule has 0 fully saturated rings. The smallest absolute Gasteiger partial charge is 0.251 e. The van der Waals surface area contributed by atoms with Crippen LogP contribution in [0, 0.1) is 0 Å². The van der Waals surface area contributed by atoms with E-state index in [1.54, 1.807) is 43.5 Å². The molecule has 6 heteroatoms. The molecule has 0 saturated heterocycles. The molecule has 2 amide bonds. The molecule has 0 radical (unpaired) electrons. The van der Waals surface area contributed by atoms with Crippen LogP contribution in [0.2, 0.25) is 0 Å². The van der Waals surface area contributed by atoms with Crippen LogP contribution >= 0.6 is 0 Å². The summed E-state index contributed by atoms with van der Waals surface area (Å²) in [5, 5.41) is 5.48. The van der Waals surface area contributed by atoms with Gasteiger partial charge in [-0.1, -0.05) is 24.3 Å². The van der Waals surface area contributed by atoms with Crippen LogP contribution in [0.5, 0.6) is 11.5 Å². The maximum Gasteiger partial charge on any atom is 0.251 e. The highest BCUT2D eigenvalue weighted by Crippen LogP contribution is 2.28. The van der Waals surface area contributed by atoms with Gasteiger partial charge >= 0.3 is 0 Å². The molecule has 0 aliphatic carbocycles. The number of hydrogen-bond acceptors (Lipinski definition) is 4. The first-order valence-corrected chi connectivity index (χ1v) is 8.74. The number of hydrogen-bond donors (Lipinski definition) is 2. The van der Waals surface area contributed by atoms with E-state index >= 15 is 0 Å². The van der Waals surface area contributed by atoms with Gasteiger partial charge in [-0.2, -0.15) is 0 Å². The number of rotatable bonds is 9. The first-order valence-electron chi connectivity index (χ1n) is 8.74. The van der Waals surface area contributed by atoms with Crippen molar-refractivity contribution in [1.82, 2.24) is 10.6 Å². The maximum atomic E-state index is 11.9. The largest absolute Gasteiger partial charge is 0.493 e. The molecule has 0 unspecified atom stereocenters. The highest BCUT2D eigenvalue weighted by Gasteiger charge is 2.05. The fourth-order valence-corrected chi connectivity index (χ4v) is 2.35. The monoisotopic (exact) mass is 368 g/mol. The van der Waals surface area contributed by atoms with Crippen molar-refractivity contribution in [3.8, 4) is 11.5 Å². The van der Waals surface area contributed by atoms with Crippen LogP contribution in [0.1, 0.15) is 22.8 Å². The van der Waals surface area contributed by atoms with Crippen LogP contribution in [0.3, 0.4) is 0 Å². The number of carbonyl (C=O) groups is 2. The third kappa shape index (κ3) is 6.51. The zero-order chi connectivity index (χ0) is 19.5. The molecular weight excluding hydrogens is 344 g/mol. The van der Waals surface area contributed by atoms with E-state index in [0.717, 1.165) is 5.56 Å². The van der Waals surface area contributed by atoms with Gasteiger partial charge in [0.25, 0.3) is 5.91 Å². The Hall–Kier alpha value is -3.28. The quantitative estimate of drug-likeness (QED) is 0.527. The van der Waals surface area contributed by atoms with Gasteiger partial charge in [0.05, 0.1) is 13.7 Å². The minimum absolute atomic E-state index is 0.165. The minimum Gasteiger partial charge on any atom is -0.493 e. The number of amides is 2. The molecule has 0 aliphatic rings. The van der Waals surface area contributed by atoms with Crippen LogP contribution in [0.4, 0.5) is 0 Å². The van der Waals surface area contributed by atoms with E-state index in [1.165, 1.54) is 6.08 Å². The van der Waals surface area contributed by atoms with Gasteiger partial charge in [-0.15, -0.1) is 0 Å². The Morgan fingerprint density at radius 3 is 2.44 bits per heavy atom. The Morgan fingerprint density at radius 2 is 1.74 bits per heavy atom. The number of benzene rings is 2. The van der Waals surface area contributed by atoms with Gasteiger partial charge in [-0.25, -0.2) is 0 Å². The van der Waals surface area contributed by atoms with Crippen LogP contribution in [0.25, 0.3) is 6.08 Å². The summed E-state index contributed by atoms with van der Waals surface area (Å²) in [4.78, 5) is 23.8. The lowest BCUT2D eigenvalue weighted by atomic mass is 10.2. The molecule has 0 atom stereocenters. The molecule has 2 aromatic rings. The molecule has 0 spiro atoms. The topological polar surface area (TPSA) is 76.7 Å². The van der Waals surface area contributed by atoms with Crippen molar-refractivity contribution in [2.24, 2.45) is 0 Å². The average molecular weight is 368 g/mol. The van der Waals surface area contributed by atoms with E-state index in [-0.39, 0.29) is 11.8 Å². The fraction of sp³-hybridized carbons (Fsp3) is 0.238. The SMILES string of the molecule is CCOc1cc(/C=C/C(=O)NCCNC(=O)c2ccccc2)ccc1OC. The molecule has 0 saturated carbocycles. The Morgan fingerprint density at radius 1 is 1.00 bits per heavy atom.